The fourth-order valence-electron chi connectivity index (χ4n) is 4.08. The Balaban J connectivity index is 2.15. The van der Waals surface area contributed by atoms with Crippen LogP contribution in [0.4, 0.5) is 0 Å². The van der Waals surface area contributed by atoms with Crippen LogP contribution in [-0.2, 0) is 0 Å². The molecule has 0 aliphatic heterocycles. The molecule has 1 saturated carbocycles. The summed E-state index contributed by atoms with van der Waals surface area (Å²) in [4.78, 5) is 0. The third-order valence-corrected chi connectivity index (χ3v) is 5.18. The van der Waals surface area contributed by atoms with Crippen molar-refractivity contribution in [2.75, 3.05) is 14.2 Å². The second kappa shape index (κ2) is 5.69. The SMILES string of the molecule is CNC(c1ccc(OC)c2ccccc12)C1(C)CCCC1. The molecule has 1 atom stereocenters. The Morgan fingerprint density at radius 2 is 1.71 bits per heavy atom. The van der Waals surface area contributed by atoms with E-state index in [-0.39, 0.29) is 0 Å². The quantitative estimate of drug-likeness (QED) is 0.879. The van der Waals surface area contributed by atoms with E-state index in [1.165, 1.54) is 42.0 Å². The van der Waals surface area contributed by atoms with E-state index in [0.717, 1.165) is 5.75 Å². The van der Waals surface area contributed by atoms with Crippen molar-refractivity contribution < 1.29 is 4.74 Å². The standard InChI is InChI=1S/C19H25NO/c1-19(12-6-7-13-19)18(20-2)16-10-11-17(21-3)15-9-5-4-8-14(15)16/h4-5,8-11,18,20H,6-7,12-13H2,1-3H3. The average Bonchev–Trinajstić information content (AvgIpc) is 2.95. The molecule has 2 aromatic carbocycles. The number of hydrogen-bond donors (Lipinski definition) is 1. The van der Waals surface area contributed by atoms with Crippen LogP contribution in [-0.4, -0.2) is 14.2 Å². The molecule has 0 spiro atoms. The monoisotopic (exact) mass is 283 g/mol. The Morgan fingerprint density at radius 1 is 1.05 bits per heavy atom. The second-order valence-electron chi connectivity index (χ2n) is 6.49. The fraction of sp³-hybridized carbons (Fsp3) is 0.474. The van der Waals surface area contributed by atoms with E-state index in [4.69, 9.17) is 4.74 Å². The maximum atomic E-state index is 5.53. The molecule has 2 aromatic rings. The highest BCUT2D eigenvalue weighted by atomic mass is 16.5. The summed E-state index contributed by atoms with van der Waals surface area (Å²) >= 11 is 0. The summed E-state index contributed by atoms with van der Waals surface area (Å²) in [6.45, 7) is 2.43. The van der Waals surface area contributed by atoms with Gasteiger partial charge in [0.15, 0.2) is 0 Å². The number of hydrogen-bond acceptors (Lipinski definition) is 2. The lowest BCUT2D eigenvalue weighted by molar-refractivity contribution is 0.235. The van der Waals surface area contributed by atoms with Crippen molar-refractivity contribution in [1.29, 1.82) is 0 Å². The molecule has 0 aromatic heterocycles. The smallest absolute Gasteiger partial charge is 0.126 e. The van der Waals surface area contributed by atoms with Crippen molar-refractivity contribution in [1.82, 2.24) is 5.32 Å². The molecule has 0 amide bonds. The van der Waals surface area contributed by atoms with Crippen LogP contribution in [0.15, 0.2) is 36.4 Å². The molecule has 1 aliphatic rings. The average molecular weight is 283 g/mol. The Kier molecular flexibility index (Phi) is 3.90. The van der Waals surface area contributed by atoms with Crippen molar-refractivity contribution in [3.05, 3.63) is 42.0 Å². The van der Waals surface area contributed by atoms with Crippen LogP contribution in [0.1, 0.15) is 44.2 Å². The van der Waals surface area contributed by atoms with Gasteiger partial charge in [-0.05, 0) is 42.3 Å². The minimum absolute atomic E-state index is 0.353. The number of methoxy groups -OCH3 is 1. The first-order valence-electron chi connectivity index (χ1n) is 7.92. The predicted octanol–water partition coefficient (Wildman–Crippen LogP) is 4.69. The van der Waals surface area contributed by atoms with Crippen LogP contribution in [0.3, 0.4) is 0 Å². The van der Waals surface area contributed by atoms with Crippen molar-refractivity contribution in [2.24, 2.45) is 5.41 Å². The third-order valence-electron chi connectivity index (χ3n) is 5.18. The largest absolute Gasteiger partial charge is 0.496 e. The molecule has 2 heteroatoms. The Morgan fingerprint density at radius 3 is 2.33 bits per heavy atom. The van der Waals surface area contributed by atoms with Gasteiger partial charge in [-0.3, -0.25) is 0 Å². The molecule has 1 aliphatic carbocycles. The van der Waals surface area contributed by atoms with E-state index < -0.39 is 0 Å². The van der Waals surface area contributed by atoms with E-state index in [1.54, 1.807) is 7.11 Å². The third kappa shape index (κ3) is 2.42. The molecule has 0 bridgehead atoms. The van der Waals surface area contributed by atoms with E-state index in [2.05, 4.69) is 55.7 Å². The van der Waals surface area contributed by atoms with Gasteiger partial charge in [0.25, 0.3) is 0 Å². The number of nitrogens with one attached hydrogen (secondary N) is 1. The van der Waals surface area contributed by atoms with Gasteiger partial charge in [0.1, 0.15) is 5.75 Å². The highest BCUT2D eigenvalue weighted by Gasteiger charge is 2.37. The lowest BCUT2D eigenvalue weighted by atomic mass is 9.76. The molecule has 1 unspecified atom stereocenters. The zero-order valence-corrected chi connectivity index (χ0v) is 13.3. The number of benzene rings is 2. The van der Waals surface area contributed by atoms with Crippen molar-refractivity contribution >= 4 is 10.8 Å². The topological polar surface area (TPSA) is 21.3 Å². The Hall–Kier alpha value is -1.54. The molecular formula is C19H25NO. The molecular weight excluding hydrogens is 258 g/mol. The zero-order chi connectivity index (χ0) is 14.9. The molecule has 1 N–H and O–H groups in total. The predicted molar refractivity (Wildman–Crippen MR) is 88.9 cm³/mol. The van der Waals surface area contributed by atoms with Crippen LogP contribution < -0.4 is 10.1 Å². The van der Waals surface area contributed by atoms with Gasteiger partial charge < -0.3 is 10.1 Å². The first kappa shape index (κ1) is 14.4. The van der Waals surface area contributed by atoms with Gasteiger partial charge in [-0.2, -0.15) is 0 Å². The molecule has 0 saturated heterocycles. The van der Waals surface area contributed by atoms with Gasteiger partial charge >= 0.3 is 0 Å². The minimum Gasteiger partial charge on any atom is -0.496 e. The second-order valence-corrected chi connectivity index (χ2v) is 6.49. The zero-order valence-electron chi connectivity index (χ0n) is 13.3. The minimum atomic E-state index is 0.353. The fourth-order valence-corrected chi connectivity index (χ4v) is 4.08. The highest BCUT2D eigenvalue weighted by molar-refractivity contribution is 5.91. The van der Waals surface area contributed by atoms with Crippen LogP contribution in [0.25, 0.3) is 10.8 Å². The van der Waals surface area contributed by atoms with Gasteiger partial charge in [-0.25, -0.2) is 0 Å². The van der Waals surface area contributed by atoms with E-state index in [0.29, 0.717) is 11.5 Å². The molecule has 1 fully saturated rings. The Bertz CT molecular complexity index is 628. The Labute approximate surface area is 127 Å². The van der Waals surface area contributed by atoms with E-state index >= 15 is 0 Å². The van der Waals surface area contributed by atoms with Crippen LogP contribution in [0, 0.1) is 5.41 Å². The van der Waals surface area contributed by atoms with E-state index in [1.807, 2.05) is 0 Å². The normalized spacial score (nSPS) is 18.8. The molecule has 0 radical (unpaired) electrons. The number of rotatable bonds is 4. The van der Waals surface area contributed by atoms with Crippen LogP contribution in [0.2, 0.25) is 0 Å². The van der Waals surface area contributed by atoms with Crippen LogP contribution >= 0.6 is 0 Å². The summed E-state index contributed by atoms with van der Waals surface area (Å²) in [5.41, 5.74) is 1.75. The first-order valence-corrected chi connectivity index (χ1v) is 7.92. The summed E-state index contributed by atoms with van der Waals surface area (Å²) in [5.74, 6) is 0.959. The molecule has 2 nitrogen and oxygen atoms in total. The van der Waals surface area contributed by atoms with Crippen molar-refractivity contribution in [3.8, 4) is 5.75 Å². The lowest BCUT2D eigenvalue weighted by Crippen LogP contribution is -2.32. The van der Waals surface area contributed by atoms with Gasteiger partial charge in [-0.1, -0.05) is 50.1 Å². The summed E-state index contributed by atoms with van der Waals surface area (Å²) < 4.78 is 5.53. The van der Waals surface area contributed by atoms with Gasteiger partial charge in [-0.15, -0.1) is 0 Å². The summed E-state index contributed by atoms with van der Waals surface area (Å²) in [7, 11) is 3.84. The molecule has 3 rings (SSSR count). The van der Waals surface area contributed by atoms with Crippen LogP contribution in [0.5, 0.6) is 5.75 Å². The summed E-state index contributed by atoms with van der Waals surface area (Å²) in [6.07, 6.45) is 5.31. The van der Waals surface area contributed by atoms with Crippen molar-refractivity contribution in [3.63, 3.8) is 0 Å². The lowest BCUT2D eigenvalue weighted by Gasteiger charge is -2.35. The van der Waals surface area contributed by atoms with Gasteiger partial charge in [0, 0.05) is 11.4 Å². The highest BCUT2D eigenvalue weighted by Crippen LogP contribution is 2.48. The first-order chi connectivity index (χ1) is 10.2. The van der Waals surface area contributed by atoms with E-state index in [9.17, 15) is 0 Å². The maximum absolute atomic E-state index is 5.53. The van der Waals surface area contributed by atoms with Gasteiger partial charge in [0.2, 0.25) is 0 Å². The summed E-state index contributed by atoms with van der Waals surface area (Å²) in [6, 6.07) is 13.3. The van der Waals surface area contributed by atoms with Crippen molar-refractivity contribution in [2.45, 2.75) is 38.6 Å². The maximum Gasteiger partial charge on any atom is 0.126 e. The molecule has 0 heterocycles. The molecule has 112 valence electrons. The molecule has 21 heavy (non-hydrogen) atoms. The number of fused-ring (bicyclic) bond motifs is 1. The summed E-state index contributed by atoms with van der Waals surface area (Å²) in [5, 5.41) is 6.11. The number of ether oxygens (including phenoxy) is 1. The van der Waals surface area contributed by atoms with Gasteiger partial charge in [0.05, 0.1) is 7.11 Å².